The van der Waals surface area contributed by atoms with Gasteiger partial charge in [-0.3, -0.25) is 9.79 Å². The lowest BCUT2D eigenvalue weighted by Gasteiger charge is -2.16. The fourth-order valence-corrected chi connectivity index (χ4v) is 0.714. The van der Waals surface area contributed by atoms with E-state index >= 15 is 0 Å². The summed E-state index contributed by atoms with van der Waals surface area (Å²) in [7, 11) is 0. The van der Waals surface area contributed by atoms with Crippen LogP contribution >= 0.6 is 0 Å². The monoisotopic (exact) mass is 225 g/mol. The summed E-state index contributed by atoms with van der Waals surface area (Å²) in [5.41, 5.74) is 10.0. The molecule has 90 valence electrons. The summed E-state index contributed by atoms with van der Waals surface area (Å²) in [5, 5.41) is 8.30. The average molecular weight is 225 g/mol. The number of hydrogen-bond acceptors (Lipinski definition) is 3. The fraction of sp³-hybridized carbons (Fsp3) is 0.750. The Morgan fingerprint density at radius 3 is 2.40 bits per heavy atom. The van der Waals surface area contributed by atoms with Gasteiger partial charge in [-0.2, -0.15) is 0 Å². The van der Waals surface area contributed by atoms with Crippen molar-refractivity contribution in [2.24, 2.45) is 16.5 Å². The second-order valence-corrected chi connectivity index (χ2v) is 2.96. The van der Waals surface area contributed by atoms with Crippen molar-refractivity contribution in [3.63, 3.8) is 0 Å². The van der Waals surface area contributed by atoms with Crippen LogP contribution in [0.3, 0.4) is 0 Å². The maximum absolute atomic E-state index is 12.9. The van der Waals surface area contributed by atoms with Gasteiger partial charge in [-0.15, -0.1) is 0 Å². The third kappa shape index (κ3) is 7.80. The van der Waals surface area contributed by atoms with E-state index in [-0.39, 0.29) is 13.3 Å². The zero-order chi connectivity index (χ0) is 11.4. The number of carbonyl (C=O) groups is 1. The number of aliphatic imine (C=N–C) groups is 1. The average Bonchev–Trinajstić information content (AvgIpc) is 2.00. The van der Waals surface area contributed by atoms with Crippen LogP contribution in [0, 0.1) is 0 Å². The first-order chi connectivity index (χ1) is 6.24. The highest BCUT2D eigenvalue weighted by atomic mass is 19.3. The first-order valence-electron chi connectivity index (χ1n) is 3.87. The quantitative estimate of drug-likeness (QED) is 0.466. The van der Waals surface area contributed by atoms with Crippen LogP contribution in [-0.2, 0) is 4.79 Å². The second-order valence-electron chi connectivity index (χ2n) is 2.96. The van der Waals surface area contributed by atoms with Crippen LogP contribution in [0.15, 0.2) is 4.99 Å². The van der Waals surface area contributed by atoms with Gasteiger partial charge in [0.1, 0.15) is 12.6 Å². The van der Waals surface area contributed by atoms with Crippen LogP contribution in [0.1, 0.15) is 20.8 Å². The van der Waals surface area contributed by atoms with Crippen molar-refractivity contribution in [2.45, 2.75) is 32.7 Å². The zero-order valence-corrected chi connectivity index (χ0v) is 7.70. The number of carboxylic acid groups (broad SMARTS) is 1. The molecule has 0 saturated carbocycles. The second kappa shape index (κ2) is 6.28. The lowest BCUT2D eigenvalue weighted by Crippen LogP contribution is -2.38. The Morgan fingerprint density at radius 2 is 2.07 bits per heavy atom. The van der Waals surface area contributed by atoms with Gasteiger partial charge in [-0.05, 0) is 6.92 Å². The molecule has 0 rings (SSSR count). The molecule has 7 heteroatoms. The zero-order valence-electron chi connectivity index (χ0n) is 7.70. The Labute approximate surface area is 87.2 Å². The minimum atomic E-state index is -3.24. The minimum Gasteiger partial charge on any atom is -0.480 e. The highest BCUT2D eigenvalue weighted by Gasteiger charge is 2.33. The van der Waals surface area contributed by atoms with Crippen LogP contribution < -0.4 is 11.5 Å². The minimum absolute atomic E-state index is 0. The summed E-state index contributed by atoms with van der Waals surface area (Å²) in [6.07, 6.45) is -0.945. The Kier molecular flexibility index (Phi) is 6.78. The van der Waals surface area contributed by atoms with Crippen LogP contribution in [0.4, 0.5) is 8.78 Å². The van der Waals surface area contributed by atoms with Gasteiger partial charge in [-0.25, -0.2) is 8.78 Å². The Bertz CT molecular complexity index is 240. The number of carboxylic acids is 1. The summed E-state index contributed by atoms with van der Waals surface area (Å²) in [6, 6.07) is -1.58. The van der Waals surface area contributed by atoms with Crippen LogP contribution in [0.2, 0.25) is 0 Å². The van der Waals surface area contributed by atoms with Crippen LogP contribution in [0.5, 0.6) is 0 Å². The van der Waals surface area contributed by atoms with Crippen molar-refractivity contribution in [3.8, 4) is 0 Å². The van der Waals surface area contributed by atoms with Crippen molar-refractivity contribution in [1.29, 1.82) is 0 Å². The van der Waals surface area contributed by atoms with Gasteiger partial charge in [0.05, 0.1) is 5.84 Å². The lowest BCUT2D eigenvalue weighted by molar-refractivity contribution is -0.141. The predicted octanol–water partition coefficient (Wildman–Crippen LogP) is 0.437. The topological polar surface area (TPSA) is 102 Å². The van der Waals surface area contributed by atoms with Crippen molar-refractivity contribution in [1.82, 2.24) is 0 Å². The van der Waals surface area contributed by atoms with E-state index < -0.39 is 30.9 Å². The van der Waals surface area contributed by atoms with Crippen molar-refractivity contribution >= 4 is 11.8 Å². The predicted molar refractivity (Wildman–Crippen MR) is 54.1 cm³/mol. The lowest BCUT2D eigenvalue weighted by atomic mass is 10.1. The van der Waals surface area contributed by atoms with Gasteiger partial charge in [0.15, 0.2) is 0 Å². The normalized spacial score (nSPS) is 14.3. The SMILES string of the molecule is C.CC(N)=NCC(F)(F)C[C@H](N)C(=O)O. The highest BCUT2D eigenvalue weighted by Crippen LogP contribution is 2.20. The molecule has 0 aliphatic carbocycles. The molecule has 0 radical (unpaired) electrons. The van der Waals surface area contributed by atoms with Crippen molar-refractivity contribution in [2.75, 3.05) is 6.54 Å². The van der Waals surface area contributed by atoms with E-state index in [0.29, 0.717) is 0 Å². The van der Waals surface area contributed by atoms with Gasteiger partial charge in [0.2, 0.25) is 0 Å². The van der Waals surface area contributed by atoms with Gasteiger partial charge >= 0.3 is 5.97 Å². The largest absolute Gasteiger partial charge is 0.480 e. The van der Waals surface area contributed by atoms with E-state index in [1.54, 1.807) is 0 Å². The molecular weight excluding hydrogens is 208 g/mol. The number of nitrogens with two attached hydrogens (primary N) is 2. The van der Waals surface area contributed by atoms with Gasteiger partial charge in [0.25, 0.3) is 5.92 Å². The Morgan fingerprint density at radius 1 is 1.60 bits per heavy atom. The fourth-order valence-electron chi connectivity index (χ4n) is 0.714. The number of halogens is 2. The molecule has 1 atom stereocenters. The van der Waals surface area contributed by atoms with Crippen molar-refractivity contribution < 1.29 is 18.7 Å². The van der Waals surface area contributed by atoms with E-state index in [2.05, 4.69) is 4.99 Å². The molecule has 0 fully saturated rings. The molecule has 0 heterocycles. The Balaban J connectivity index is 0. The Hall–Kier alpha value is -1.24. The van der Waals surface area contributed by atoms with Gasteiger partial charge in [0, 0.05) is 6.42 Å². The van der Waals surface area contributed by atoms with E-state index in [1.165, 1.54) is 6.92 Å². The summed E-state index contributed by atoms with van der Waals surface area (Å²) >= 11 is 0. The molecule has 5 N–H and O–H groups in total. The molecule has 0 aliphatic rings. The number of alkyl halides is 2. The maximum atomic E-state index is 12.9. The molecule has 0 spiro atoms. The number of aliphatic carboxylic acids is 1. The standard InChI is InChI=1S/C7H13F2N3O2.CH4/c1-4(10)12-3-7(8,9)2-5(11)6(13)14;/h5H,2-3,11H2,1H3,(H2,10,12)(H,13,14);1H4/t5-;/m0./s1. The number of amidine groups is 1. The molecule has 0 aliphatic heterocycles. The van der Waals surface area contributed by atoms with Gasteiger partial charge in [-0.1, -0.05) is 7.43 Å². The molecule has 0 amide bonds. The number of nitrogens with zero attached hydrogens (tertiary/aromatic N) is 1. The van der Waals surface area contributed by atoms with E-state index in [0.717, 1.165) is 0 Å². The molecule has 0 aromatic rings. The summed E-state index contributed by atoms with van der Waals surface area (Å²) < 4.78 is 25.8. The molecule has 0 aromatic heterocycles. The summed E-state index contributed by atoms with van der Waals surface area (Å²) in [5.74, 6) is -4.68. The molecule has 0 saturated heterocycles. The molecule has 15 heavy (non-hydrogen) atoms. The first-order valence-corrected chi connectivity index (χ1v) is 3.87. The third-order valence-corrected chi connectivity index (χ3v) is 1.40. The smallest absolute Gasteiger partial charge is 0.320 e. The molecular formula is C8H17F2N3O2. The van der Waals surface area contributed by atoms with E-state index in [9.17, 15) is 13.6 Å². The van der Waals surface area contributed by atoms with Crippen LogP contribution in [-0.4, -0.2) is 35.4 Å². The molecule has 0 unspecified atom stereocenters. The highest BCUT2D eigenvalue weighted by molar-refractivity contribution is 5.77. The number of rotatable bonds is 5. The summed E-state index contributed by atoms with van der Waals surface area (Å²) in [4.78, 5) is 13.5. The number of hydrogen-bond donors (Lipinski definition) is 3. The maximum Gasteiger partial charge on any atom is 0.320 e. The van der Waals surface area contributed by atoms with E-state index in [4.69, 9.17) is 16.6 Å². The van der Waals surface area contributed by atoms with Crippen molar-refractivity contribution in [3.05, 3.63) is 0 Å². The third-order valence-electron chi connectivity index (χ3n) is 1.40. The van der Waals surface area contributed by atoms with E-state index in [1.807, 2.05) is 0 Å². The molecule has 0 bridgehead atoms. The molecule has 5 nitrogen and oxygen atoms in total. The molecule has 0 aromatic carbocycles. The van der Waals surface area contributed by atoms with Gasteiger partial charge < -0.3 is 16.6 Å². The summed E-state index contributed by atoms with van der Waals surface area (Å²) in [6.45, 7) is 0.531. The first kappa shape index (κ1) is 16.2. The van der Waals surface area contributed by atoms with Crippen LogP contribution in [0.25, 0.3) is 0 Å².